The Hall–Kier alpha value is -5.59. The first-order valence-electron chi connectivity index (χ1n) is 22.9. The molecule has 0 aromatic heterocycles. The number of benzene rings is 4. The van der Waals surface area contributed by atoms with E-state index in [1.54, 1.807) is 12.1 Å². The topological polar surface area (TPSA) is 114 Å². The smallest absolute Gasteiger partial charge is 0.265 e. The van der Waals surface area contributed by atoms with Crippen LogP contribution in [-0.2, 0) is 9.59 Å². The standard InChI is InChI=1S/C45H44ClF2N5O5/c46-19-16-34(29-4-2-1-3-5-29)39(31-8-12-33(54)13-9-31)30-6-10-32(11-7-30)51-20-17-28(18-21-51)27-50-22-24-52(25-23-50)37-26-35-40(42(48)41(37)47)45(58)53(44(35)57)36-14-15-38(55)49-43(36)56/h1-13,26,28,36,54H,14-25,27H2,(H,49,55,56)/i22D2,23D2,24D2,25D2. The van der Waals surface area contributed by atoms with E-state index >= 15 is 8.78 Å². The predicted octanol–water partition coefficient (Wildman–Crippen LogP) is 6.70. The summed E-state index contributed by atoms with van der Waals surface area (Å²) >= 11 is 6.32. The zero-order valence-electron chi connectivity index (χ0n) is 39.1. The lowest BCUT2D eigenvalue weighted by molar-refractivity contribution is -0.136. The highest BCUT2D eigenvalue weighted by atomic mass is 35.5. The maximum atomic E-state index is 16.1. The first kappa shape index (κ1) is 30.5. The molecule has 4 aliphatic heterocycles. The van der Waals surface area contributed by atoms with E-state index in [0.717, 1.165) is 33.5 Å². The van der Waals surface area contributed by atoms with E-state index in [4.69, 9.17) is 22.6 Å². The molecule has 13 heteroatoms. The minimum Gasteiger partial charge on any atom is -0.508 e. The average molecular weight is 816 g/mol. The monoisotopic (exact) mass is 815 g/mol. The molecule has 58 heavy (non-hydrogen) atoms. The number of carbonyl (C=O) groups is 4. The molecule has 4 aliphatic rings. The number of aromatic hydroxyl groups is 1. The van der Waals surface area contributed by atoms with E-state index in [0.29, 0.717) is 54.1 Å². The highest BCUT2D eigenvalue weighted by Gasteiger charge is 2.47. The van der Waals surface area contributed by atoms with Crippen molar-refractivity contribution in [3.8, 4) is 5.75 Å². The number of anilines is 2. The maximum Gasteiger partial charge on any atom is 0.265 e. The van der Waals surface area contributed by atoms with Gasteiger partial charge in [-0.3, -0.25) is 34.3 Å². The van der Waals surface area contributed by atoms with Crippen molar-refractivity contribution in [3.63, 3.8) is 0 Å². The Morgan fingerprint density at radius 2 is 1.45 bits per heavy atom. The molecule has 4 aromatic rings. The molecule has 4 aromatic carbocycles. The quantitative estimate of drug-likeness (QED) is 0.103. The number of allylic oxidation sites excluding steroid dienone is 1. The van der Waals surface area contributed by atoms with Gasteiger partial charge in [0.2, 0.25) is 11.8 Å². The molecule has 2 N–H and O–H groups in total. The van der Waals surface area contributed by atoms with E-state index in [1.807, 2.05) is 72.0 Å². The number of alkyl halides is 1. The zero-order valence-corrected chi connectivity index (χ0v) is 31.9. The molecule has 1 atom stereocenters. The number of imide groups is 2. The van der Waals surface area contributed by atoms with E-state index in [2.05, 4.69) is 4.90 Å². The zero-order chi connectivity index (χ0) is 47.7. The van der Waals surface area contributed by atoms with Crippen LogP contribution in [0.1, 0.15) is 80.5 Å². The largest absolute Gasteiger partial charge is 0.508 e. The second kappa shape index (κ2) is 16.7. The Bertz CT molecular complexity index is 2610. The van der Waals surface area contributed by atoms with Gasteiger partial charge in [0.1, 0.15) is 11.8 Å². The molecule has 10 nitrogen and oxygen atoms in total. The molecule has 0 aliphatic carbocycles. The van der Waals surface area contributed by atoms with Crippen LogP contribution in [0.2, 0.25) is 0 Å². The van der Waals surface area contributed by atoms with E-state index in [-0.39, 0.29) is 23.5 Å². The molecular formula is C45H44ClF2N5O5. The Morgan fingerprint density at radius 3 is 2.09 bits per heavy atom. The Balaban J connectivity index is 1.02. The maximum absolute atomic E-state index is 16.1. The first-order valence-corrected chi connectivity index (χ1v) is 19.5. The first-order chi connectivity index (χ1) is 31.1. The van der Waals surface area contributed by atoms with Crippen molar-refractivity contribution < 1.29 is 44.0 Å². The summed E-state index contributed by atoms with van der Waals surface area (Å²) < 4.78 is 104. The minimum absolute atomic E-state index is 0.130. The second-order valence-electron chi connectivity index (χ2n) is 14.5. The molecule has 0 saturated carbocycles. The molecule has 0 spiro atoms. The normalized spacial score (nSPS) is 25.2. The minimum atomic E-state index is -3.64. The van der Waals surface area contributed by atoms with Crippen LogP contribution in [0.3, 0.4) is 0 Å². The summed E-state index contributed by atoms with van der Waals surface area (Å²) in [6.45, 7) is -13.7. The van der Waals surface area contributed by atoms with Crippen LogP contribution in [0.15, 0.2) is 84.9 Å². The molecule has 3 saturated heterocycles. The van der Waals surface area contributed by atoms with Crippen molar-refractivity contribution in [2.45, 2.75) is 38.1 Å². The number of hydrogen-bond acceptors (Lipinski definition) is 8. The third kappa shape index (κ3) is 7.70. The molecule has 0 radical (unpaired) electrons. The number of fused-ring (bicyclic) bond motifs is 1. The van der Waals surface area contributed by atoms with Gasteiger partial charge in [-0.2, -0.15) is 0 Å². The van der Waals surface area contributed by atoms with Crippen LogP contribution in [0.5, 0.6) is 5.75 Å². The summed E-state index contributed by atoms with van der Waals surface area (Å²) in [4.78, 5) is 53.8. The number of halogens is 3. The predicted molar refractivity (Wildman–Crippen MR) is 219 cm³/mol. The summed E-state index contributed by atoms with van der Waals surface area (Å²) in [5, 5.41) is 12.0. The second-order valence-corrected chi connectivity index (χ2v) is 14.8. The highest BCUT2D eigenvalue weighted by Crippen LogP contribution is 2.38. The number of nitrogens with zero attached hydrogens (tertiary/aromatic N) is 4. The lowest BCUT2D eigenvalue weighted by Crippen LogP contribution is -2.54. The number of phenolic OH excluding ortho intramolecular Hbond substituents is 1. The molecule has 3 fully saturated rings. The lowest BCUT2D eigenvalue weighted by Gasteiger charge is -2.40. The van der Waals surface area contributed by atoms with Crippen LogP contribution >= 0.6 is 11.6 Å². The van der Waals surface area contributed by atoms with Crippen molar-refractivity contribution in [3.05, 3.63) is 124 Å². The summed E-state index contributed by atoms with van der Waals surface area (Å²) in [5.74, 6) is -8.50. The van der Waals surface area contributed by atoms with Crippen molar-refractivity contribution in [1.29, 1.82) is 0 Å². The van der Waals surface area contributed by atoms with Gasteiger partial charge in [0.15, 0.2) is 11.6 Å². The molecular weight excluding hydrogens is 764 g/mol. The van der Waals surface area contributed by atoms with E-state index < -0.39 is 96.6 Å². The van der Waals surface area contributed by atoms with E-state index in [9.17, 15) is 24.3 Å². The number of hydrogen-bond donors (Lipinski definition) is 2. The average Bonchev–Trinajstić information content (AvgIpc) is 3.52. The summed E-state index contributed by atoms with van der Waals surface area (Å²) in [5.41, 5.74) is 2.26. The van der Waals surface area contributed by atoms with Gasteiger partial charge in [-0.1, -0.05) is 54.6 Å². The molecule has 4 amide bonds. The molecule has 8 rings (SSSR count). The van der Waals surface area contributed by atoms with Crippen molar-refractivity contribution in [1.82, 2.24) is 15.1 Å². The van der Waals surface area contributed by atoms with Gasteiger partial charge < -0.3 is 14.9 Å². The van der Waals surface area contributed by atoms with E-state index in [1.165, 1.54) is 0 Å². The number of amides is 4. The number of phenols is 1. The molecule has 300 valence electrons. The summed E-state index contributed by atoms with van der Waals surface area (Å²) in [7, 11) is 0. The Labute approximate surface area is 351 Å². The van der Waals surface area contributed by atoms with Crippen molar-refractivity contribution in [2.24, 2.45) is 5.92 Å². The number of carbonyl (C=O) groups excluding carboxylic acids is 4. The number of nitrogens with one attached hydrogen (secondary N) is 1. The van der Waals surface area contributed by atoms with Gasteiger partial charge in [0.25, 0.3) is 11.8 Å². The lowest BCUT2D eigenvalue weighted by atomic mass is 9.88. The third-order valence-corrected chi connectivity index (χ3v) is 11.1. The van der Waals surface area contributed by atoms with Gasteiger partial charge >= 0.3 is 0 Å². The van der Waals surface area contributed by atoms with Crippen LogP contribution < -0.4 is 15.1 Å². The van der Waals surface area contributed by atoms with Gasteiger partial charge in [-0.25, -0.2) is 8.78 Å². The third-order valence-electron chi connectivity index (χ3n) is 10.9. The van der Waals surface area contributed by atoms with Crippen molar-refractivity contribution >= 4 is 57.8 Å². The SMILES string of the molecule is [2H]C1([2H])N(CC2CCN(c3ccc(C(=C(CCCl)c4ccccc4)c4ccc(O)cc4)cc3)CC2)C([2H])([2H])C([2H])([2H])N(c2cc3c(c(F)c2F)C(=O)N(C2CCC(=O)NC2=O)C3=O)C1([2H])[2H]. The Kier molecular flexibility index (Phi) is 8.78. The van der Waals surface area contributed by atoms with Crippen LogP contribution in [0, 0.1) is 17.6 Å². The molecule has 1 unspecified atom stereocenters. The highest BCUT2D eigenvalue weighted by molar-refractivity contribution is 6.24. The van der Waals surface area contributed by atoms with Crippen molar-refractivity contribution in [2.75, 3.05) is 61.3 Å². The fourth-order valence-electron chi connectivity index (χ4n) is 7.96. The Morgan fingerprint density at radius 1 is 0.793 bits per heavy atom. The molecule has 0 bridgehead atoms. The van der Waals surface area contributed by atoms with Gasteiger partial charge in [-0.15, -0.1) is 11.6 Å². The number of piperazine rings is 1. The van der Waals surface area contributed by atoms with Crippen LogP contribution in [0.4, 0.5) is 20.2 Å². The fourth-order valence-corrected chi connectivity index (χ4v) is 8.15. The van der Waals surface area contributed by atoms with Crippen LogP contribution in [0.25, 0.3) is 11.1 Å². The van der Waals surface area contributed by atoms with Gasteiger partial charge in [0, 0.05) is 69.1 Å². The van der Waals surface area contributed by atoms with Crippen LogP contribution in [-0.4, -0.2) is 96.1 Å². The number of piperidine rings is 2. The summed E-state index contributed by atoms with van der Waals surface area (Å²) in [6, 6.07) is 23.6. The van der Waals surface area contributed by atoms with Gasteiger partial charge in [-0.05, 0) is 89.8 Å². The summed E-state index contributed by atoms with van der Waals surface area (Å²) in [6.07, 6.45) is 0.724. The number of rotatable bonds is 10. The van der Waals surface area contributed by atoms with Gasteiger partial charge in [0.05, 0.1) is 22.3 Å². The molecule has 4 heterocycles. The fraction of sp³-hybridized carbons (Fsp3) is 0.333.